The van der Waals surface area contributed by atoms with E-state index < -0.39 is 0 Å². The Kier molecular flexibility index (Phi) is 6.27. The molecule has 0 bridgehead atoms. The zero-order chi connectivity index (χ0) is 22.6. The summed E-state index contributed by atoms with van der Waals surface area (Å²) >= 11 is 2.79. The Labute approximate surface area is 198 Å². The number of carbonyl (C=O) groups is 1. The van der Waals surface area contributed by atoms with E-state index >= 15 is 0 Å². The van der Waals surface area contributed by atoms with Gasteiger partial charge < -0.3 is 13.6 Å². The first-order valence-electron chi connectivity index (χ1n) is 10.4. The van der Waals surface area contributed by atoms with Crippen molar-refractivity contribution in [3.05, 3.63) is 70.8 Å². The molecule has 0 N–H and O–H groups in total. The van der Waals surface area contributed by atoms with Crippen molar-refractivity contribution in [2.45, 2.75) is 24.6 Å². The average Bonchev–Trinajstić information content (AvgIpc) is 3.63. The van der Waals surface area contributed by atoms with Gasteiger partial charge in [0.15, 0.2) is 0 Å². The van der Waals surface area contributed by atoms with Crippen LogP contribution in [0, 0.1) is 0 Å². The zero-order valence-corrected chi connectivity index (χ0v) is 19.3. The van der Waals surface area contributed by atoms with Gasteiger partial charge in [-0.25, -0.2) is 5.01 Å². The zero-order valence-electron chi connectivity index (χ0n) is 17.7. The number of rotatable bonds is 8. The number of para-hydroxylation sites is 1. The second-order valence-corrected chi connectivity index (χ2v) is 8.99. The van der Waals surface area contributed by atoms with Gasteiger partial charge in [0.25, 0.3) is 17.0 Å². The van der Waals surface area contributed by atoms with Crippen LogP contribution in [0.5, 0.6) is 5.75 Å². The smallest absolute Gasteiger partial charge is 0.277 e. The number of carbonyl (C=O) groups excluding carboxylic acids is 1. The Balaban J connectivity index is 1.30. The lowest BCUT2D eigenvalue weighted by atomic mass is 10.1. The maximum Gasteiger partial charge on any atom is 0.277 e. The van der Waals surface area contributed by atoms with Gasteiger partial charge in [0, 0.05) is 11.3 Å². The van der Waals surface area contributed by atoms with Crippen molar-refractivity contribution >= 4 is 34.7 Å². The number of amides is 1. The molecule has 0 aliphatic carbocycles. The van der Waals surface area contributed by atoms with Crippen molar-refractivity contribution in [2.75, 3.05) is 12.4 Å². The van der Waals surface area contributed by atoms with E-state index in [0.717, 1.165) is 16.2 Å². The second kappa shape index (κ2) is 9.63. The highest BCUT2D eigenvalue weighted by atomic mass is 32.2. The van der Waals surface area contributed by atoms with Gasteiger partial charge in [-0.2, -0.15) is 5.10 Å². The number of thiophene rings is 1. The summed E-state index contributed by atoms with van der Waals surface area (Å²) in [5.74, 6) is 1.67. The molecule has 33 heavy (non-hydrogen) atoms. The summed E-state index contributed by atoms with van der Waals surface area (Å²) in [4.78, 5) is 14.2. The topological polar surface area (TPSA) is 94.0 Å². The molecule has 1 unspecified atom stereocenters. The molecule has 3 aromatic heterocycles. The van der Waals surface area contributed by atoms with E-state index in [-0.39, 0.29) is 17.7 Å². The number of furan rings is 1. The van der Waals surface area contributed by atoms with Gasteiger partial charge >= 0.3 is 0 Å². The largest absolute Gasteiger partial charge is 0.493 e. The molecule has 4 heterocycles. The molecule has 1 aliphatic heterocycles. The lowest BCUT2D eigenvalue weighted by molar-refractivity contribution is -0.130. The van der Waals surface area contributed by atoms with Crippen LogP contribution in [0.1, 0.15) is 30.0 Å². The molecule has 1 aliphatic rings. The fraction of sp³-hybridized carbons (Fsp3) is 0.217. The molecule has 0 spiro atoms. The molecule has 10 heteroatoms. The van der Waals surface area contributed by atoms with Crippen LogP contribution in [0.15, 0.2) is 79.3 Å². The third-order valence-corrected chi connectivity index (χ3v) is 6.76. The lowest BCUT2D eigenvalue weighted by Crippen LogP contribution is -2.28. The van der Waals surface area contributed by atoms with Crippen molar-refractivity contribution < 1.29 is 18.4 Å². The van der Waals surface area contributed by atoms with Gasteiger partial charge in [-0.1, -0.05) is 30.0 Å². The molecule has 0 radical (unpaired) electrons. The van der Waals surface area contributed by atoms with Crippen molar-refractivity contribution in [3.63, 3.8) is 0 Å². The minimum absolute atomic E-state index is 0.117. The fourth-order valence-corrected chi connectivity index (χ4v) is 4.95. The number of hydrazone groups is 1. The maximum absolute atomic E-state index is 13.1. The highest BCUT2D eigenvalue weighted by Crippen LogP contribution is 2.36. The number of ether oxygens (including phenoxy) is 1. The van der Waals surface area contributed by atoms with E-state index in [2.05, 4.69) is 15.3 Å². The van der Waals surface area contributed by atoms with Crippen LogP contribution in [0.3, 0.4) is 0 Å². The van der Waals surface area contributed by atoms with Crippen LogP contribution in [0.2, 0.25) is 0 Å². The quantitative estimate of drug-likeness (QED) is 0.318. The Morgan fingerprint density at radius 3 is 2.91 bits per heavy atom. The highest BCUT2D eigenvalue weighted by molar-refractivity contribution is 7.99. The van der Waals surface area contributed by atoms with Crippen LogP contribution >= 0.6 is 23.1 Å². The highest BCUT2D eigenvalue weighted by Gasteiger charge is 2.34. The summed E-state index contributed by atoms with van der Waals surface area (Å²) < 4.78 is 16.9. The van der Waals surface area contributed by atoms with Gasteiger partial charge in [0.2, 0.25) is 0 Å². The SMILES string of the molecule is CCOc1ccccc1-c1nnc(SCC(=O)N2N=C(c3ccco3)CC2c2cccs2)o1. The van der Waals surface area contributed by atoms with Crippen LogP contribution in [-0.2, 0) is 4.79 Å². The molecule has 0 fully saturated rings. The Morgan fingerprint density at radius 1 is 1.21 bits per heavy atom. The van der Waals surface area contributed by atoms with Gasteiger partial charge in [-0.15, -0.1) is 21.5 Å². The Hall–Kier alpha value is -3.37. The van der Waals surface area contributed by atoms with Crippen LogP contribution < -0.4 is 4.74 Å². The van der Waals surface area contributed by atoms with Crippen molar-refractivity contribution in [3.8, 4) is 17.2 Å². The molecule has 1 aromatic carbocycles. The van der Waals surface area contributed by atoms with Crippen LogP contribution in [0.4, 0.5) is 0 Å². The molecule has 0 saturated heterocycles. The minimum atomic E-state index is -0.158. The molecule has 8 nitrogen and oxygen atoms in total. The van der Waals surface area contributed by atoms with E-state index in [0.29, 0.717) is 35.7 Å². The third kappa shape index (κ3) is 4.57. The molecule has 1 atom stereocenters. The van der Waals surface area contributed by atoms with E-state index in [9.17, 15) is 4.79 Å². The number of benzene rings is 1. The number of thioether (sulfide) groups is 1. The summed E-state index contributed by atoms with van der Waals surface area (Å²) in [5.41, 5.74) is 1.47. The van der Waals surface area contributed by atoms with Crippen LogP contribution in [-0.4, -0.2) is 39.2 Å². The van der Waals surface area contributed by atoms with Crippen molar-refractivity contribution in [1.29, 1.82) is 0 Å². The monoisotopic (exact) mass is 480 g/mol. The van der Waals surface area contributed by atoms with Gasteiger partial charge in [0.05, 0.1) is 30.2 Å². The van der Waals surface area contributed by atoms with Gasteiger partial charge in [-0.05, 0) is 42.6 Å². The van der Waals surface area contributed by atoms with E-state index in [1.165, 1.54) is 11.8 Å². The summed E-state index contributed by atoms with van der Waals surface area (Å²) in [5, 5.41) is 16.6. The predicted octanol–water partition coefficient (Wildman–Crippen LogP) is 5.26. The standard InChI is InChI=1S/C23H20N4O4S2/c1-2-29-18-8-4-3-7-15(18)22-24-25-23(31-22)33-14-21(28)27-17(20-10-6-12-32-20)13-16(26-27)19-9-5-11-30-19/h3-12,17H,2,13-14H2,1H3. The van der Waals surface area contributed by atoms with Crippen molar-refractivity contribution in [1.82, 2.24) is 15.2 Å². The first kappa shape index (κ1) is 21.5. The molecule has 0 saturated carbocycles. The van der Waals surface area contributed by atoms with E-state index in [4.69, 9.17) is 13.6 Å². The minimum Gasteiger partial charge on any atom is -0.493 e. The van der Waals surface area contributed by atoms with Crippen molar-refractivity contribution in [2.24, 2.45) is 5.10 Å². The molecular formula is C23H20N4O4S2. The van der Waals surface area contributed by atoms with E-state index in [1.807, 2.05) is 60.8 Å². The third-order valence-electron chi connectivity index (χ3n) is 4.99. The summed E-state index contributed by atoms with van der Waals surface area (Å²) in [6.45, 7) is 2.45. The molecule has 168 valence electrons. The molecule has 1 amide bonds. The molecule has 4 aromatic rings. The van der Waals surface area contributed by atoms with Gasteiger partial charge in [0.1, 0.15) is 17.2 Å². The van der Waals surface area contributed by atoms with Gasteiger partial charge in [-0.3, -0.25) is 4.79 Å². The molecule has 5 rings (SSSR count). The number of hydrogen-bond donors (Lipinski definition) is 0. The first-order chi connectivity index (χ1) is 16.2. The number of aromatic nitrogens is 2. The number of nitrogens with zero attached hydrogens (tertiary/aromatic N) is 4. The fourth-order valence-electron chi connectivity index (χ4n) is 3.53. The average molecular weight is 481 g/mol. The Morgan fingerprint density at radius 2 is 2.12 bits per heavy atom. The summed E-state index contributed by atoms with van der Waals surface area (Å²) in [6.07, 6.45) is 2.21. The summed E-state index contributed by atoms with van der Waals surface area (Å²) in [6, 6.07) is 15.0. The number of hydrogen-bond acceptors (Lipinski definition) is 9. The Bertz CT molecular complexity index is 1250. The predicted molar refractivity (Wildman–Crippen MR) is 125 cm³/mol. The normalized spacial score (nSPS) is 15.6. The van der Waals surface area contributed by atoms with E-state index in [1.54, 1.807) is 22.6 Å². The second-order valence-electron chi connectivity index (χ2n) is 7.09. The lowest BCUT2D eigenvalue weighted by Gasteiger charge is -2.20. The summed E-state index contributed by atoms with van der Waals surface area (Å²) in [7, 11) is 0. The molecular weight excluding hydrogens is 460 g/mol. The first-order valence-corrected chi connectivity index (χ1v) is 12.2. The maximum atomic E-state index is 13.1. The van der Waals surface area contributed by atoms with Crippen LogP contribution in [0.25, 0.3) is 11.5 Å².